The van der Waals surface area contributed by atoms with Gasteiger partial charge in [-0.25, -0.2) is 0 Å². The summed E-state index contributed by atoms with van der Waals surface area (Å²) in [5, 5.41) is 3.53. The molecule has 0 saturated carbocycles. The Hall–Kier alpha value is -0.890. The lowest BCUT2D eigenvalue weighted by Crippen LogP contribution is -2.52. The summed E-state index contributed by atoms with van der Waals surface area (Å²) in [4.78, 5) is 12.5. The fraction of sp³-hybridized carbons (Fsp3) is 0.947. The highest BCUT2D eigenvalue weighted by atomic mass is 16.5. The van der Waals surface area contributed by atoms with E-state index in [2.05, 4.69) is 41.0 Å². The van der Waals surface area contributed by atoms with Crippen LogP contribution in [0.3, 0.4) is 0 Å². The number of morpholine rings is 1. The molecule has 3 rings (SSSR count). The molecule has 7 heteroatoms. The maximum Gasteiger partial charge on any atom is 0.194 e. The van der Waals surface area contributed by atoms with Crippen LogP contribution in [-0.4, -0.2) is 112 Å². The van der Waals surface area contributed by atoms with Crippen molar-refractivity contribution in [3.8, 4) is 0 Å². The van der Waals surface area contributed by atoms with Gasteiger partial charge in [0.05, 0.1) is 19.8 Å². The van der Waals surface area contributed by atoms with Gasteiger partial charge in [0.25, 0.3) is 0 Å². The first-order chi connectivity index (χ1) is 12.6. The molecule has 26 heavy (non-hydrogen) atoms. The highest BCUT2D eigenvalue weighted by Gasteiger charge is 2.35. The van der Waals surface area contributed by atoms with Crippen LogP contribution in [0.4, 0.5) is 0 Å². The summed E-state index contributed by atoms with van der Waals surface area (Å²) in [7, 11) is 4.36. The third kappa shape index (κ3) is 4.68. The van der Waals surface area contributed by atoms with Gasteiger partial charge in [0.15, 0.2) is 5.96 Å². The van der Waals surface area contributed by atoms with Gasteiger partial charge in [0.2, 0.25) is 0 Å². The number of likely N-dealkylation sites (tertiary alicyclic amines) is 1. The normalized spacial score (nSPS) is 27.9. The zero-order valence-electron chi connectivity index (χ0n) is 16.9. The molecule has 3 aliphatic heterocycles. The van der Waals surface area contributed by atoms with Crippen LogP contribution in [0.1, 0.15) is 26.2 Å². The summed E-state index contributed by atoms with van der Waals surface area (Å²) in [6.07, 6.45) is 3.33. The van der Waals surface area contributed by atoms with E-state index in [1.54, 1.807) is 0 Å². The van der Waals surface area contributed by atoms with Gasteiger partial charge >= 0.3 is 0 Å². The third-order valence-electron chi connectivity index (χ3n) is 6.26. The van der Waals surface area contributed by atoms with E-state index in [4.69, 9.17) is 14.5 Å². The molecule has 0 amide bonds. The van der Waals surface area contributed by atoms with Crippen molar-refractivity contribution in [2.45, 2.75) is 37.8 Å². The Morgan fingerprint density at radius 3 is 2.46 bits per heavy atom. The molecule has 1 atom stereocenters. The number of aliphatic imine (C=N–C) groups is 1. The van der Waals surface area contributed by atoms with Crippen LogP contribution in [-0.2, 0) is 9.47 Å². The van der Waals surface area contributed by atoms with E-state index in [-0.39, 0.29) is 5.54 Å². The van der Waals surface area contributed by atoms with Crippen LogP contribution in [0.25, 0.3) is 0 Å². The van der Waals surface area contributed by atoms with Crippen LogP contribution in [0.15, 0.2) is 4.99 Å². The molecular weight excluding hydrogens is 330 g/mol. The molecule has 1 N–H and O–H groups in total. The molecule has 3 fully saturated rings. The van der Waals surface area contributed by atoms with Gasteiger partial charge < -0.3 is 24.6 Å². The topological polar surface area (TPSA) is 52.6 Å². The first-order valence-electron chi connectivity index (χ1n) is 10.2. The number of nitrogens with zero attached hydrogens (tertiary/aromatic N) is 4. The molecular formula is C19H37N5O2. The third-order valence-corrected chi connectivity index (χ3v) is 6.26. The lowest BCUT2D eigenvalue weighted by molar-refractivity contribution is -0.00265. The van der Waals surface area contributed by atoms with Crippen molar-refractivity contribution in [2.75, 3.05) is 79.8 Å². The second kappa shape index (κ2) is 9.35. The van der Waals surface area contributed by atoms with E-state index in [1.165, 1.54) is 6.42 Å². The standard InChI is InChI=1S/C19H37N5O2/c1-4-20-18(21-16-19(22(2)3)6-11-25-12-7-19)24-8-5-17(15-24)23-9-13-26-14-10-23/h17H,4-16H2,1-3H3,(H,20,21). The van der Waals surface area contributed by atoms with Gasteiger partial charge in [-0.1, -0.05) is 0 Å². The van der Waals surface area contributed by atoms with Gasteiger partial charge in [-0.15, -0.1) is 0 Å². The van der Waals surface area contributed by atoms with Crippen LogP contribution < -0.4 is 5.32 Å². The van der Waals surface area contributed by atoms with Crippen molar-refractivity contribution in [1.82, 2.24) is 20.0 Å². The average molecular weight is 368 g/mol. The monoisotopic (exact) mass is 367 g/mol. The molecule has 0 spiro atoms. The minimum absolute atomic E-state index is 0.127. The van der Waals surface area contributed by atoms with E-state index >= 15 is 0 Å². The molecule has 150 valence electrons. The molecule has 1 unspecified atom stereocenters. The van der Waals surface area contributed by atoms with Gasteiger partial charge in [-0.2, -0.15) is 0 Å². The van der Waals surface area contributed by atoms with Crippen molar-refractivity contribution in [1.29, 1.82) is 0 Å². The van der Waals surface area contributed by atoms with E-state index in [0.717, 1.165) is 84.5 Å². The molecule has 0 aromatic carbocycles. The Morgan fingerprint density at radius 1 is 1.12 bits per heavy atom. The lowest BCUT2D eigenvalue weighted by atomic mass is 9.89. The smallest absolute Gasteiger partial charge is 0.194 e. The number of likely N-dealkylation sites (N-methyl/N-ethyl adjacent to an activating group) is 1. The summed E-state index contributed by atoms with van der Waals surface area (Å²) >= 11 is 0. The maximum atomic E-state index is 5.59. The summed E-state index contributed by atoms with van der Waals surface area (Å²) in [6, 6.07) is 0.633. The van der Waals surface area contributed by atoms with Gasteiger partial charge in [0.1, 0.15) is 0 Å². The zero-order valence-corrected chi connectivity index (χ0v) is 16.9. The molecule has 3 aliphatic rings. The minimum Gasteiger partial charge on any atom is -0.381 e. The predicted octanol–water partition coefficient (Wildman–Crippen LogP) is 0.469. The van der Waals surface area contributed by atoms with Crippen LogP contribution in [0, 0.1) is 0 Å². The molecule has 0 radical (unpaired) electrons. The Bertz CT molecular complexity index is 459. The SMILES string of the molecule is CCNC(=NCC1(N(C)C)CCOCC1)N1CCC(N2CCOCC2)C1. The number of ether oxygens (including phenoxy) is 2. The van der Waals surface area contributed by atoms with Crippen molar-refractivity contribution >= 4 is 5.96 Å². The first kappa shape index (κ1) is 19.9. The summed E-state index contributed by atoms with van der Waals surface area (Å²) in [5.41, 5.74) is 0.127. The van der Waals surface area contributed by atoms with Crippen molar-refractivity contribution in [3.63, 3.8) is 0 Å². The predicted molar refractivity (Wildman–Crippen MR) is 105 cm³/mol. The first-order valence-corrected chi connectivity index (χ1v) is 10.2. The van der Waals surface area contributed by atoms with Crippen molar-refractivity contribution < 1.29 is 9.47 Å². The Balaban J connectivity index is 1.63. The largest absolute Gasteiger partial charge is 0.381 e. The molecule has 0 aliphatic carbocycles. The Labute approximate surface area is 158 Å². The van der Waals surface area contributed by atoms with Crippen molar-refractivity contribution in [3.05, 3.63) is 0 Å². The second-order valence-electron chi connectivity index (χ2n) is 7.94. The van der Waals surface area contributed by atoms with Crippen LogP contribution in [0.5, 0.6) is 0 Å². The number of rotatable bonds is 5. The molecule has 0 bridgehead atoms. The minimum atomic E-state index is 0.127. The van der Waals surface area contributed by atoms with Gasteiger partial charge in [0, 0.05) is 57.5 Å². The summed E-state index contributed by atoms with van der Waals surface area (Å²) in [5.74, 6) is 1.08. The quantitative estimate of drug-likeness (QED) is 0.563. The van der Waals surface area contributed by atoms with Gasteiger partial charge in [-0.05, 0) is 40.3 Å². The number of nitrogens with one attached hydrogen (secondary N) is 1. The maximum absolute atomic E-state index is 5.59. The molecule has 3 saturated heterocycles. The van der Waals surface area contributed by atoms with E-state index < -0.39 is 0 Å². The van der Waals surface area contributed by atoms with E-state index in [0.29, 0.717) is 6.04 Å². The molecule has 3 heterocycles. The average Bonchev–Trinajstić information content (AvgIpc) is 3.16. The van der Waals surface area contributed by atoms with Crippen LogP contribution >= 0.6 is 0 Å². The number of hydrogen-bond donors (Lipinski definition) is 1. The fourth-order valence-electron chi connectivity index (χ4n) is 4.32. The van der Waals surface area contributed by atoms with Gasteiger partial charge in [-0.3, -0.25) is 9.89 Å². The van der Waals surface area contributed by atoms with E-state index in [9.17, 15) is 0 Å². The lowest BCUT2D eigenvalue weighted by Gasteiger charge is -2.42. The molecule has 0 aromatic heterocycles. The molecule has 7 nitrogen and oxygen atoms in total. The highest BCUT2D eigenvalue weighted by molar-refractivity contribution is 5.80. The second-order valence-corrected chi connectivity index (χ2v) is 7.94. The zero-order chi connectivity index (χ0) is 18.4. The van der Waals surface area contributed by atoms with Crippen LogP contribution in [0.2, 0.25) is 0 Å². The number of guanidine groups is 1. The molecule has 0 aromatic rings. The Kier molecular flexibility index (Phi) is 7.14. The van der Waals surface area contributed by atoms with E-state index in [1.807, 2.05) is 0 Å². The summed E-state index contributed by atoms with van der Waals surface area (Å²) < 4.78 is 11.1. The fourth-order valence-corrected chi connectivity index (χ4v) is 4.32. The number of hydrogen-bond acceptors (Lipinski definition) is 5. The summed E-state index contributed by atoms with van der Waals surface area (Å²) in [6.45, 7) is 11.6. The van der Waals surface area contributed by atoms with Crippen molar-refractivity contribution in [2.24, 2.45) is 4.99 Å². The highest BCUT2D eigenvalue weighted by Crippen LogP contribution is 2.26. The Morgan fingerprint density at radius 2 is 1.81 bits per heavy atom.